The highest BCUT2D eigenvalue weighted by atomic mass is 35.5. The molecule has 1 rings (SSSR count). The van der Waals surface area contributed by atoms with Gasteiger partial charge in [-0.25, -0.2) is 0 Å². The van der Waals surface area contributed by atoms with Crippen LogP contribution in [0.15, 0.2) is 6.07 Å². The first kappa shape index (κ1) is 11.1. The molecule has 0 aromatic heterocycles. The van der Waals surface area contributed by atoms with Crippen molar-refractivity contribution in [2.75, 3.05) is 5.73 Å². The van der Waals surface area contributed by atoms with E-state index in [2.05, 4.69) is 0 Å². The van der Waals surface area contributed by atoms with Gasteiger partial charge in [-0.2, -0.15) is 0 Å². The van der Waals surface area contributed by atoms with E-state index in [-0.39, 0.29) is 12.4 Å². The second-order valence-electron chi connectivity index (χ2n) is 2.88. The lowest BCUT2D eigenvalue weighted by Crippen LogP contribution is -1.94. The number of rotatable bonds is 0. The Balaban J connectivity index is 0.00000121. The molecule has 0 saturated carbocycles. The van der Waals surface area contributed by atoms with Gasteiger partial charge in [0.05, 0.1) is 0 Å². The Morgan fingerprint density at radius 2 is 1.67 bits per heavy atom. The van der Waals surface area contributed by atoms with Gasteiger partial charge in [0.25, 0.3) is 0 Å². The van der Waals surface area contributed by atoms with Crippen molar-refractivity contribution in [3.05, 3.63) is 22.8 Å². The van der Waals surface area contributed by atoms with Crippen LogP contribution >= 0.6 is 12.4 Å². The minimum absolute atomic E-state index is 0. The van der Waals surface area contributed by atoms with E-state index in [1.165, 1.54) is 0 Å². The molecule has 0 aliphatic rings. The first-order valence-electron chi connectivity index (χ1n) is 3.59. The lowest BCUT2D eigenvalue weighted by atomic mass is 10.0. The van der Waals surface area contributed by atoms with Crippen LogP contribution in [0.4, 0.5) is 5.69 Å². The maximum absolute atomic E-state index is 9.46. The number of nitrogen functional groups attached to an aromatic ring is 1. The SMILES string of the molecule is Cc1cc(N)c(C)c(C)c1O.Cl. The van der Waals surface area contributed by atoms with E-state index in [1.807, 2.05) is 20.8 Å². The maximum atomic E-state index is 9.46. The molecule has 0 atom stereocenters. The van der Waals surface area contributed by atoms with Crippen LogP contribution < -0.4 is 5.73 Å². The van der Waals surface area contributed by atoms with E-state index in [1.54, 1.807) is 6.07 Å². The Morgan fingerprint density at radius 1 is 1.17 bits per heavy atom. The van der Waals surface area contributed by atoms with Crippen molar-refractivity contribution in [2.45, 2.75) is 20.8 Å². The van der Waals surface area contributed by atoms with Gasteiger partial charge in [0, 0.05) is 5.69 Å². The monoisotopic (exact) mass is 187 g/mol. The molecule has 12 heavy (non-hydrogen) atoms. The summed E-state index contributed by atoms with van der Waals surface area (Å²) in [5.74, 6) is 0.358. The molecule has 0 aliphatic heterocycles. The third-order valence-corrected chi connectivity index (χ3v) is 2.10. The molecule has 3 heteroatoms. The number of hydrogen-bond donors (Lipinski definition) is 2. The highest BCUT2D eigenvalue weighted by Gasteiger charge is 2.05. The molecule has 0 bridgehead atoms. The zero-order valence-corrected chi connectivity index (χ0v) is 8.33. The van der Waals surface area contributed by atoms with E-state index < -0.39 is 0 Å². The Morgan fingerprint density at radius 3 is 2.17 bits per heavy atom. The Kier molecular flexibility index (Phi) is 3.40. The Hall–Kier alpha value is -0.890. The summed E-state index contributed by atoms with van der Waals surface area (Å²) in [7, 11) is 0. The molecule has 3 N–H and O–H groups in total. The molecule has 1 aromatic carbocycles. The number of aromatic hydroxyl groups is 1. The number of aryl methyl sites for hydroxylation is 1. The smallest absolute Gasteiger partial charge is 0.121 e. The fraction of sp³-hybridized carbons (Fsp3) is 0.333. The van der Waals surface area contributed by atoms with E-state index >= 15 is 0 Å². The van der Waals surface area contributed by atoms with Gasteiger partial charge in [0.2, 0.25) is 0 Å². The van der Waals surface area contributed by atoms with Crippen LogP contribution in [0.3, 0.4) is 0 Å². The summed E-state index contributed by atoms with van der Waals surface area (Å²) in [5, 5.41) is 9.46. The summed E-state index contributed by atoms with van der Waals surface area (Å²) in [6.07, 6.45) is 0. The van der Waals surface area contributed by atoms with Crippen molar-refractivity contribution in [1.82, 2.24) is 0 Å². The van der Waals surface area contributed by atoms with Crippen LogP contribution in [0, 0.1) is 20.8 Å². The van der Waals surface area contributed by atoms with Crippen LogP contribution in [0.5, 0.6) is 5.75 Å². The fourth-order valence-corrected chi connectivity index (χ4v) is 1.10. The van der Waals surface area contributed by atoms with E-state index in [0.29, 0.717) is 5.75 Å². The molecule has 68 valence electrons. The van der Waals surface area contributed by atoms with Crippen LogP contribution in [0.25, 0.3) is 0 Å². The number of benzene rings is 1. The number of anilines is 1. The minimum Gasteiger partial charge on any atom is -0.507 e. The maximum Gasteiger partial charge on any atom is 0.121 e. The van der Waals surface area contributed by atoms with Crippen molar-refractivity contribution < 1.29 is 5.11 Å². The van der Waals surface area contributed by atoms with Crippen molar-refractivity contribution in [2.24, 2.45) is 0 Å². The molecule has 0 aliphatic carbocycles. The lowest BCUT2D eigenvalue weighted by molar-refractivity contribution is 0.466. The van der Waals surface area contributed by atoms with E-state index in [9.17, 15) is 5.11 Å². The molecule has 2 nitrogen and oxygen atoms in total. The average molecular weight is 188 g/mol. The first-order valence-corrected chi connectivity index (χ1v) is 3.59. The normalized spacial score (nSPS) is 9.25. The van der Waals surface area contributed by atoms with Gasteiger partial charge in [0.15, 0.2) is 0 Å². The van der Waals surface area contributed by atoms with E-state index in [4.69, 9.17) is 5.73 Å². The third kappa shape index (κ3) is 1.64. The molecule has 1 aromatic rings. The number of hydrogen-bond acceptors (Lipinski definition) is 2. The predicted molar refractivity (Wildman–Crippen MR) is 54.0 cm³/mol. The molecule has 0 radical (unpaired) electrons. The number of nitrogens with two attached hydrogens (primary N) is 1. The predicted octanol–water partition coefficient (Wildman–Crippen LogP) is 2.32. The van der Waals surface area contributed by atoms with Gasteiger partial charge >= 0.3 is 0 Å². The standard InChI is InChI=1S/C9H13NO.ClH/c1-5-4-8(10)6(2)7(3)9(5)11;/h4,11H,10H2,1-3H3;1H. The molecule has 0 amide bonds. The van der Waals surface area contributed by atoms with Gasteiger partial charge in [-0.3, -0.25) is 0 Å². The summed E-state index contributed by atoms with van der Waals surface area (Å²) >= 11 is 0. The second kappa shape index (κ2) is 3.68. The fourth-order valence-electron chi connectivity index (χ4n) is 1.10. The van der Waals surface area contributed by atoms with Gasteiger partial charge < -0.3 is 10.8 Å². The van der Waals surface area contributed by atoms with Crippen LogP contribution in [0.2, 0.25) is 0 Å². The number of halogens is 1. The van der Waals surface area contributed by atoms with E-state index in [0.717, 1.165) is 22.4 Å². The molecule has 0 unspecified atom stereocenters. The summed E-state index contributed by atoms with van der Waals surface area (Å²) in [6, 6.07) is 1.79. The molecular formula is C9H14ClNO. The Bertz CT molecular complexity index is 271. The minimum atomic E-state index is 0. The summed E-state index contributed by atoms with van der Waals surface area (Å²) in [4.78, 5) is 0. The highest BCUT2D eigenvalue weighted by Crippen LogP contribution is 2.28. The van der Waals surface area contributed by atoms with Crippen LogP contribution in [0.1, 0.15) is 16.7 Å². The quantitative estimate of drug-likeness (QED) is 0.484. The topological polar surface area (TPSA) is 46.2 Å². The number of phenols is 1. The van der Waals surface area contributed by atoms with Crippen LogP contribution in [-0.4, -0.2) is 5.11 Å². The van der Waals surface area contributed by atoms with Gasteiger partial charge in [0.1, 0.15) is 5.75 Å². The summed E-state index contributed by atoms with van der Waals surface area (Å²) in [5.41, 5.74) is 9.11. The second-order valence-corrected chi connectivity index (χ2v) is 2.88. The lowest BCUT2D eigenvalue weighted by Gasteiger charge is -2.08. The average Bonchev–Trinajstić information content (AvgIpc) is 1.97. The van der Waals surface area contributed by atoms with Crippen LogP contribution in [-0.2, 0) is 0 Å². The Labute approximate surface area is 78.8 Å². The zero-order valence-electron chi connectivity index (χ0n) is 7.51. The molecular weight excluding hydrogens is 174 g/mol. The molecule has 0 heterocycles. The summed E-state index contributed by atoms with van der Waals surface area (Å²) in [6.45, 7) is 5.62. The van der Waals surface area contributed by atoms with Crippen molar-refractivity contribution in [3.8, 4) is 5.75 Å². The number of phenolic OH excluding ortho intramolecular Hbond substituents is 1. The zero-order chi connectivity index (χ0) is 8.59. The third-order valence-electron chi connectivity index (χ3n) is 2.10. The molecule has 0 spiro atoms. The van der Waals surface area contributed by atoms with Gasteiger partial charge in [-0.1, -0.05) is 0 Å². The van der Waals surface area contributed by atoms with Crippen molar-refractivity contribution in [3.63, 3.8) is 0 Å². The van der Waals surface area contributed by atoms with Crippen molar-refractivity contribution in [1.29, 1.82) is 0 Å². The highest BCUT2D eigenvalue weighted by molar-refractivity contribution is 5.85. The van der Waals surface area contributed by atoms with Gasteiger partial charge in [-0.15, -0.1) is 12.4 Å². The van der Waals surface area contributed by atoms with Gasteiger partial charge in [-0.05, 0) is 43.5 Å². The molecule has 0 fully saturated rings. The summed E-state index contributed by atoms with van der Waals surface area (Å²) < 4.78 is 0. The van der Waals surface area contributed by atoms with Crippen molar-refractivity contribution >= 4 is 18.1 Å². The molecule has 0 saturated heterocycles. The first-order chi connectivity index (χ1) is 5.04. The largest absolute Gasteiger partial charge is 0.507 e.